The second-order valence-corrected chi connectivity index (χ2v) is 6.89. The van der Waals surface area contributed by atoms with E-state index in [0.29, 0.717) is 6.42 Å². The average molecular weight is 296 g/mol. The van der Waals surface area contributed by atoms with Gasteiger partial charge in [-0.3, -0.25) is 9.36 Å². The molecule has 0 amide bonds. The van der Waals surface area contributed by atoms with Crippen molar-refractivity contribution in [2.24, 2.45) is 0 Å². The molecule has 6 nitrogen and oxygen atoms in total. The molecule has 0 aliphatic carbocycles. The monoisotopic (exact) mass is 296 g/mol. The smallest absolute Gasteiger partial charge is 0.357 e. The van der Waals surface area contributed by atoms with E-state index in [0.717, 1.165) is 32.1 Å². The van der Waals surface area contributed by atoms with Crippen LogP contribution in [0.15, 0.2) is 0 Å². The Morgan fingerprint density at radius 2 is 1.53 bits per heavy atom. The van der Waals surface area contributed by atoms with E-state index in [1.807, 2.05) is 0 Å². The number of hydrogen-bond acceptors (Lipinski definition) is 3. The molecule has 0 aromatic heterocycles. The van der Waals surface area contributed by atoms with Crippen LogP contribution in [-0.2, 0) is 9.36 Å². The van der Waals surface area contributed by atoms with Gasteiger partial charge in [0.15, 0.2) is 5.34 Å². The predicted molar refractivity (Wildman–Crippen MR) is 71.9 cm³/mol. The Labute approximate surface area is 114 Å². The van der Waals surface area contributed by atoms with Crippen molar-refractivity contribution >= 4 is 13.6 Å². The van der Waals surface area contributed by atoms with Crippen LogP contribution in [0.4, 0.5) is 0 Å². The van der Waals surface area contributed by atoms with Gasteiger partial charge in [0.2, 0.25) is 0 Å². The molecule has 0 aliphatic rings. The van der Waals surface area contributed by atoms with E-state index in [9.17, 15) is 14.5 Å². The van der Waals surface area contributed by atoms with E-state index < -0.39 is 25.3 Å². The van der Waals surface area contributed by atoms with Crippen LogP contribution in [0.1, 0.15) is 64.7 Å². The van der Waals surface area contributed by atoms with E-state index in [1.54, 1.807) is 0 Å². The van der Waals surface area contributed by atoms with Crippen molar-refractivity contribution in [2.75, 3.05) is 0 Å². The number of hydrogen-bond donors (Lipinski definition) is 4. The van der Waals surface area contributed by atoms with Gasteiger partial charge in [0.1, 0.15) is 0 Å². The first-order valence-corrected chi connectivity index (χ1v) is 8.34. The second kappa shape index (κ2) is 8.69. The Kier molecular flexibility index (Phi) is 8.50. The molecular weight excluding hydrogens is 271 g/mol. The SMILES string of the molecule is CCCCCCCCCC(O)(CC(=O)O)P(=O)(O)O. The second-order valence-electron chi connectivity index (χ2n) is 4.97. The van der Waals surface area contributed by atoms with E-state index in [2.05, 4.69) is 6.92 Å². The van der Waals surface area contributed by atoms with Gasteiger partial charge in [-0.1, -0.05) is 45.4 Å². The molecule has 0 aromatic carbocycles. The highest BCUT2D eigenvalue weighted by Gasteiger charge is 2.46. The topological polar surface area (TPSA) is 115 Å². The standard InChI is InChI=1S/C12H25O6P/c1-2-3-4-5-6-7-8-9-12(15,10-11(13)14)19(16,17)18/h15H,2-10H2,1H3,(H,13,14)(H2,16,17,18). The molecule has 0 fully saturated rings. The third kappa shape index (κ3) is 7.67. The zero-order chi connectivity index (χ0) is 14.9. The molecule has 1 atom stereocenters. The Bertz CT molecular complexity index is 313. The maximum Gasteiger partial charge on any atom is 0.357 e. The lowest BCUT2D eigenvalue weighted by Crippen LogP contribution is -2.31. The van der Waals surface area contributed by atoms with Crippen LogP contribution in [0.3, 0.4) is 0 Å². The summed E-state index contributed by atoms with van der Waals surface area (Å²) in [6.45, 7) is 2.12. The molecule has 0 radical (unpaired) electrons. The summed E-state index contributed by atoms with van der Waals surface area (Å²) in [5.74, 6) is -1.41. The summed E-state index contributed by atoms with van der Waals surface area (Å²) in [5, 5.41) is 16.0. The molecule has 0 aromatic rings. The predicted octanol–water partition coefficient (Wildman–Crippen LogP) is 2.47. The summed E-state index contributed by atoms with van der Waals surface area (Å²) < 4.78 is 11.2. The molecule has 0 spiro atoms. The minimum Gasteiger partial charge on any atom is -0.481 e. The van der Waals surface area contributed by atoms with Crippen LogP contribution < -0.4 is 0 Å². The summed E-state index contributed by atoms with van der Waals surface area (Å²) in [5.41, 5.74) is 0. The summed E-state index contributed by atoms with van der Waals surface area (Å²) in [7, 11) is -4.83. The Morgan fingerprint density at radius 1 is 1.05 bits per heavy atom. The van der Waals surface area contributed by atoms with Gasteiger partial charge in [-0.15, -0.1) is 0 Å². The Morgan fingerprint density at radius 3 is 1.95 bits per heavy atom. The lowest BCUT2D eigenvalue weighted by atomic mass is 10.0. The van der Waals surface area contributed by atoms with Crippen molar-refractivity contribution < 1.29 is 29.4 Å². The Hall–Kier alpha value is -0.420. The number of unbranched alkanes of at least 4 members (excludes halogenated alkanes) is 6. The molecule has 114 valence electrons. The summed E-state index contributed by atoms with van der Waals surface area (Å²) in [6, 6.07) is 0. The van der Waals surface area contributed by atoms with Crippen molar-refractivity contribution in [3.63, 3.8) is 0 Å². The van der Waals surface area contributed by atoms with Crippen molar-refractivity contribution in [1.82, 2.24) is 0 Å². The van der Waals surface area contributed by atoms with Crippen molar-refractivity contribution in [3.8, 4) is 0 Å². The van der Waals surface area contributed by atoms with E-state index in [-0.39, 0.29) is 6.42 Å². The first kappa shape index (κ1) is 18.6. The molecular formula is C12H25O6P. The zero-order valence-corrected chi connectivity index (χ0v) is 12.3. The van der Waals surface area contributed by atoms with Gasteiger partial charge >= 0.3 is 13.6 Å². The normalized spacial score (nSPS) is 15.2. The minimum atomic E-state index is -4.83. The van der Waals surface area contributed by atoms with Crippen LogP contribution in [0.2, 0.25) is 0 Å². The van der Waals surface area contributed by atoms with Crippen LogP contribution >= 0.6 is 7.60 Å². The van der Waals surface area contributed by atoms with E-state index in [1.165, 1.54) is 6.42 Å². The summed E-state index contributed by atoms with van der Waals surface area (Å²) in [6.07, 6.45) is 5.50. The fourth-order valence-electron chi connectivity index (χ4n) is 1.94. The first-order chi connectivity index (χ1) is 8.73. The zero-order valence-electron chi connectivity index (χ0n) is 11.4. The van der Waals surface area contributed by atoms with E-state index in [4.69, 9.17) is 14.9 Å². The molecule has 0 rings (SSSR count). The number of aliphatic carboxylic acids is 1. The quantitative estimate of drug-likeness (QED) is 0.344. The minimum absolute atomic E-state index is 0.183. The molecule has 19 heavy (non-hydrogen) atoms. The number of carbonyl (C=O) groups is 1. The highest BCUT2D eigenvalue weighted by atomic mass is 31.2. The number of aliphatic hydroxyl groups is 1. The summed E-state index contributed by atoms with van der Waals surface area (Å²) in [4.78, 5) is 28.7. The van der Waals surface area contributed by atoms with Gasteiger partial charge in [0.25, 0.3) is 0 Å². The molecule has 0 saturated carbocycles. The fourth-order valence-corrected chi connectivity index (χ4v) is 2.74. The van der Waals surface area contributed by atoms with E-state index >= 15 is 0 Å². The van der Waals surface area contributed by atoms with Crippen molar-refractivity contribution in [2.45, 2.75) is 70.1 Å². The largest absolute Gasteiger partial charge is 0.481 e. The molecule has 0 heterocycles. The number of carboxylic acids is 1. The third-order valence-corrected chi connectivity index (χ3v) is 4.62. The first-order valence-electron chi connectivity index (χ1n) is 6.73. The summed E-state index contributed by atoms with van der Waals surface area (Å²) >= 11 is 0. The molecule has 7 heteroatoms. The fraction of sp³-hybridized carbons (Fsp3) is 0.917. The van der Waals surface area contributed by atoms with Gasteiger partial charge in [-0.25, -0.2) is 0 Å². The molecule has 4 N–H and O–H groups in total. The molecule has 0 bridgehead atoms. The molecule has 1 unspecified atom stereocenters. The van der Waals surface area contributed by atoms with Gasteiger partial charge in [0, 0.05) is 0 Å². The third-order valence-electron chi connectivity index (χ3n) is 3.16. The van der Waals surface area contributed by atoms with Gasteiger partial charge in [-0.05, 0) is 12.8 Å². The van der Waals surface area contributed by atoms with Crippen LogP contribution in [0, 0.1) is 0 Å². The number of rotatable bonds is 11. The Balaban J connectivity index is 4.09. The molecule has 0 saturated heterocycles. The lowest BCUT2D eigenvalue weighted by Gasteiger charge is -2.27. The van der Waals surface area contributed by atoms with Crippen molar-refractivity contribution in [3.05, 3.63) is 0 Å². The highest BCUT2D eigenvalue weighted by Crippen LogP contribution is 2.53. The van der Waals surface area contributed by atoms with Crippen LogP contribution in [-0.4, -0.2) is 31.3 Å². The number of carboxylic acid groups (broad SMARTS) is 1. The lowest BCUT2D eigenvalue weighted by molar-refractivity contribution is -0.140. The van der Waals surface area contributed by atoms with Crippen LogP contribution in [0.25, 0.3) is 0 Å². The van der Waals surface area contributed by atoms with Gasteiger partial charge in [-0.2, -0.15) is 0 Å². The average Bonchev–Trinajstić information content (AvgIpc) is 2.25. The van der Waals surface area contributed by atoms with Gasteiger partial charge < -0.3 is 20.0 Å². The van der Waals surface area contributed by atoms with Gasteiger partial charge in [0.05, 0.1) is 6.42 Å². The maximum absolute atomic E-state index is 11.2. The highest BCUT2D eigenvalue weighted by molar-refractivity contribution is 7.53. The van der Waals surface area contributed by atoms with Crippen LogP contribution in [0.5, 0.6) is 0 Å². The maximum atomic E-state index is 11.2. The van der Waals surface area contributed by atoms with Crippen molar-refractivity contribution in [1.29, 1.82) is 0 Å². The molecule has 0 aliphatic heterocycles.